The lowest BCUT2D eigenvalue weighted by Crippen LogP contribution is -2.51. The van der Waals surface area contributed by atoms with Gasteiger partial charge >= 0.3 is 5.97 Å². The van der Waals surface area contributed by atoms with Crippen molar-refractivity contribution >= 4 is 17.8 Å². The molecule has 7 heteroatoms. The van der Waals surface area contributed by atoms with E-state index in [-0.39, 0.29) is 23.7 Å². The molecule has 3 N–H and O–H groups in total. The lowest BCUT2D eigenvalue weighted by atomic mass is 9.95. The summed E-state index contributed by atoms with van der Waals surface area (Å²) in [5.41, 5.74) is 0. The molecular formula is C14H22N2O5. The molecule has 1 saturated carbocycles. The second-order valence-corrected chi connectivity index (χ2v) is 5.94. The number of likely N-dealkylation sites (tertiary alicyclic amines) is 1. The van der Waals surface area contributed by atoms with Crippen molar-refractivity contribution in [1.29, 1.82) is 0 Å². The Morgan fingerprint density at radius 2 is 1.67 bits per heavy atom. The lowest BCUT2D eigenvalue weighted by Gasteiger charge is -2.32. The number of rotatable bonds is 5. The molecule has 2 rings (SSSR count). The molecule has 0 aromatic carbocycles. The number of aliphatic hydroxyl groups is 1. The minimum Gasteiger partial charge on any atom is -0.480 e. The maximum absolute atomic E-state index is 12.1. The summed E-state index contributed by atoms with van der Waals surface area (Å²) in [6.45, 7) is 2.41. The van der Waals surface area contributed by atoms with Crippen LogP contribution in [0.5, 0.6) is 0 Å². The van der Waals surface area contributed by atoms with Crippen molar-refractivity contribution in [3.8, 4) is 0 Å². The van der Waals surface area contributed by atoms with Crippen molar-refractivity contribution < 1.29 is 24.6 Å². The number of carboxylic acid groups (broad SMARTS) is 1. The second-order valence-electron chi connectivity index (χ2n) is 5.94. The van der Waals surface area contributed by atoms with Crippen molar-refractivity contribution in [2.45, 2.75) is 44.8 Å². The Balaban J connectivity index is 1.82. The van der Waals surface area contributed by atoms with Gasteiger partial charge in [0.2, 0.25) is 11.8 Å². The van der Waals surface area contributed by atoms with Gasteiger partial charge in [0.05, 0.1) is 6.10 Å². The number of amides is 2. The number of piperidine rings is 1. The number of carbonyl (C=O) groups excluding carboxylic acids is 2. The summed E-state index contributed by atoms with van der Waals surface area (Å²) >= 11 is 0. The fourth-order valence-electron chi connectivity index (χ4n) is 2.61. The van der Waals surface area contributed by atoms with Gasteiger partial charge < -0.3 is 20.4 Å². The predicted octanol–water partition coefficient (Wildman–Crippen LogP) is -0.415. The van der Waals surface area contributed by atoms with Gasteiger partial charge in [0.25, 0.3) is 0 Å². The fraction of sp³-hybridized carbons (Fsp3) is 0.786. The third-order valence-electron chi connectivity index (χ3n) is 4.15. The van der Waals surface area contributed by atoms with E-state index in [4.69, 9.17) is 5.11 Å². The molecule has 0 radical (unpaired) electrons. The summed E-state index contributed by atoms with van der Waals surface area (Å²) in [7, 11) is 0. The first kappa shape index (κ1) is 15.8. The van der Waals surface area contributed by atoms with Crippen LogP contribution < -0.4 is 5.32 Å². The third kappa shape index (κ3) is 3.93. The number of nitrogens with one attached hydrogen (secondary N) is 1. The average molecular weight is 298 g/mol. The van der Waals surface area contributed by atoms with Gasteiger partial charge in [-0.15, -0.1) is 0 Å². The van der Waals surface area contributed by atoms with Crippen molar-refractivity contribution in [1.82, 2.24) is 10.2 Å². The third-order valence-corrected chi connectivity index (χ3v) is 4.15. The van der Waals surface area contributed by atoms with E-state index in [1.54, 1.807) is 4.90 Å². The molecular weight excluding hydrogens is 276 g/mol. The number of carboxylic acids is 1. The van der Waals surface area contributed by atoms with Crippen molar-refractivity contribution in [3.63, 3.8) is 0 Å². The van der Waals surface area contributed by atoms with Gasteiger partial charge in [-0.1, -0.05) is 0 Å². The molecule has 2 aliphatic rings. The largest absolute Gasteiger partial charge is 0.480 e. The molecule has 2 atom stereocenters. The van der Waals surface area contributed by atoms with Crippen molar-refractivity contribution in [3.05, 3.63) is 0 Å². The molecule has 0 bridgehead atoms. The molecule has 1 saturated heterocycles. The molecule has 1 aliphatic carbocycles. The van der Waals surface area contributed by atoms with Crippen LogP contribution in [0.4, 0.5) is 0 Å². The summed E-state index contributed by atoms with van der Waals surface area (Å²) in [6, 6.07) is -1.29. The van der Waals surface area contributed by atoms with Crippen molar-refractivity contribution in [2.75, 3.05) is 13.1 Å². The Morgan fingerprint density at radius 1 is 1.10 bits per heavy atom. The van der Waals surface area contributed by atoms with E-state index in [9.17, 15) is 19.5 Å². The smallest absolute Gasteiger partial charge is 0.328 e. The average Bonchev–Trinajstić information content (AvgIpc) is 3.27. The number of carbonyl (C=O) groups is 3. The SMILES string of the molecule is CC(O)C(NC(=O)C1CCN(C(=O)C2CC2)CC1)C(=O)O. The van der Waals surface area contributed by atoms with Gasteiger partial charge in [-0.2, -0.15) is 0 Å². The van der Waals surface area contributed by atoms with Crippen LogP contribution in [0.15, 0.2) is 0 Å². The van der Waals surface area contributed by atoms with E-state index >= 15 is 0 Å². The van der Waals surface area contributed by atoms with E-state index < -0.39 is 18.1 Å². The zero-order valence-corrected chi connectivity index (χ0v) is 12.1. The normalized spacial score (nSPS) is 22.5. The zero-order chi connectivity index (χ0) is 15.6. The highest BCUT2D eigenvalue weighted by Gasteiger charge is 2.36. The van der Waals surface area contributed by atoms with Crippen LogP contribution in [0.1, 0.15) is 32.6 Å². The van der Waals surface area contributed by atoms with Crippen molar-refractivity contribution in [2.24, 2.45) is 11.8 Å². The highest BCUT2D eigenvalue weighted by molar-refractivity contribution is 5.86. The summed E-state index contributed by atoms with van der Waals surface area (Å²) in [5.74, 6) is -1.54. The van der Waals surface area contributed by atoms with Gasteiger partial charge in [-0.25, -0.2) is 4.79 Å². The predicted molar refractivity (Wildman–Crippen MR) is 73.3 cm³/mol. The maximum Gasteiger partial charge on any atom is 0.328 e. The van der Waals surface area contributed by atoms with Crippen LogP contribution >= 0.6 is 0 Å². The Morgan fingerprint density at radius 3 is 2.10 bits per heavy atom. The van der Waals surface area contributed by atoms with Crippen LogP contribution in [-0.2, 0) is 14.4 Å². The molecule has 2 amide bonds. The van der Waals surface area contributed by atoms with Gasteiger partial charge in [-0.05, 0) is 32.6 Å². The highest BCUT2D eigenvalue weighted by atomic mass is 16.4. The first-order valence-electron chi connectivity index (χ1n) is 7.40. The zero-order valence-electron chi connectivity index (χ0n) is 12.1. The number of nitrogens with zero attached hydrogens (tertiary/aromatic N) is 1. The molecule has 0 aromatic heterocycles. The second kappa shape index (κ2) is 6.43. The molecule has 1 heterocycles. The molecule has 0 aromatic rings. The van der Waals surface area contributed by atoms with E-state index in [0.29, 0.717) is 25.9 Å². The molecule has 7 nitrogen and oxygen atoms in total. The number of hydrogen-bond donors (Lipinski definition) is 3. The molecule has 21 heavy (non-hydrogen) atoms. The van der Waals surface area contributed by atoms with E-state index in [1.807, 2.05) is 0 Å². The minimum atomic E-state index is -1.29. The minimum absolute atomic E-state index is 0.182. The molecule has 118 valence electrons. The quantitative estimate of drug-likeness (QED) is 0.639. The van der Waals surface area contributed by atoms with E-state index in [0.717, 1.165) is 12.8 Å². The Kier molecular flexibility index (Phi) is 4.82. The number of aliphatic hydroxyl groups excluding tert-OH is 1. The van der Waals surface area contributed by atoms with Crippen LogP contribution in [-0.4, -0.2) is 58.1 Å². The monoisotopic (exact) mass is 298 g/mol. The van der Waals surface area contributed by atoms with E-state index in [2.05, 4.69) is 5.32 Å². The van der Waals surface area contributed by atoms with Gasteiger partial charge in [0.15, 0.2) is 6.04 Å². The fourth-order valence-corrected chi connectivity index (χ4v) is 2.61. The highest BCUT2D eigenvalue weighted by Crippen LogP contribution is 2.32. The summed E-state index contributed by atoms with van der Waals surface area (Å²) in [4.78, 5) is 36.7. The molecule has 1 aliphatic heterocycles. The Labute approximate surface area is 123 Å². The van der Waals surface area contributed by atoms with E-state index in [1.165, 1.54) is 6.92 Å². The Bertz CT molecular complexity index is 425. The molecule has 2 fully saturated rings. The lowest BCUT2D eigenvalue weighted by molar-refractivity contribution is -0.146. The summed E-state index contributed by atoms with van der Waals surface area (Å²) in [6.07, 6.45) is 1.86. The topological polar surface area (TPSA) is 107 Å². The van der Waals surface area contributed by atoms with Gasteiger partial charge in [0.1, 0.15) is 0 Å². The van der Waals surface area contributed by atoms with Gasteiger partial charge in [0, 0.05) is 24.9 Å². The molecule has 2 unspecified atom stereocenters. The van der Waals surface area contributed by atoms with Crippen LogP contribution in [0.3, 0.4) is 0 Å². The first-order chi connectivity index (χ1) is 9.90. The summed E-state index contributed by atoms with van der Waals surface area (Å²) in [5, 5.41) is 20.7. The van der Waals surface area contributed by atoms with Crippen LogP contribution in [0, 0.1) is 11.8 Å². The standard InChI is InChI=1S/C14H22N2O5/c1-8(17)11(14(20)21)15-12(18)9-4-6-16(7-5-9)13(19)10-2-3-10/h8-11,17H,2-7H2,1H3,(H,15,18)(H,20,21). The van der Waals surface area contributed by atoms with Crippen LogP contribution in [0.25, 0.3) is 0 Å². The number of aliphatic carboxylic acids is 1. The van der Waals surface area contributed by atoms with Gasteiger partial charge in [-0.3, -0.25) is 9.59 Å². The first-order valence-corrected chi connectivity index (χ1v) is 7.40. The Hall–Kier alpha value is -1.63. The van der Waals surface area contributed by atoms with Crippen LogP contribution in [0.2, 0.25) is 0 Å². The number of hydrogen-bond acceptors (Lipinski definition) is 4. The molecule has 0 spiro atoms. The maximum atomic E-state index is 12.1. The summed E-state index contributed by atoms with van der Waals surface area (Å²) < 4.78 is 0.